The van der Waals surface area contributed by atoms with Gasteiger partial charge < -0.3 is 14.6 Å². The third-order valence-electron chi connectivity index (χ3n) is 6.08. The van der Waals surface area contributed by atoms with Crippen molar-refractivity contribution in [2.45, 2.75) is 39.5 Å². The maximum atomic E-state index is 13.3. The van der Waals surface area contributed by atoms with E-state index in [1.165, 1.54) is 0 Å². The molecule has 4 rings (SSSR count). The maximum Gasteiger partial charge on any atom is 0.324 e. The van der Waals surface area contributed by atoms with Gasteiger partial charge in [-0.2, -0.15) is 0 Å². The molecule has 0 aliphatic heterocycles. The molecule has 0 unspecified atom stereocenters. The Morgan fingerprint density at radius 2 is 1.11 bits per heavy atom. The number of halogens is 4. The number of hydrogen-bond acceptors (Lipinski definition) is 5. The summed E-state index contributed by atoms with van der Waals surface area (Å²) < 4.78 is 62.1. The molecule has 0 radical (unpaired) electrons. The van der Waals surface area contributed by atoms with E-state index in [2.05, 4.69) is 0 Å². The molecule has 6 nitrogen and oxygen atoms in total. The number of carbonyl (C=O) groups is 3. The van der Waals surface area contributed by atoms with Gasteiger partial charge in [0.25, 0.3) is 0 Å². The van der Waals surface area contributed by atoms with Crippen LogP contribution in [0, 0.1) is 34.6 Å². The zero-order valence-electron chi connectivity index (χ0n) is 19.1. The van der Waals surface area contributed by atoms with Crippen LogP contribution in [0.3, 0.4) is 0 Å². The van der Waals surface area contributed by atoms with Crippen LogP contribution in [0.4, 0.5) is 17.6 Å². The van der Waals surface area contributed by atoms with Gasteiger partial charge in [-0.1, -0.05) is 0 Å². The minimum absolute atomic E-state index is 0.0444. The van der Waals surface area contributed by atoms with Crippen molar-refractivity contribution in [2.24, 2.45) is 11.3 Å². The summed E-state index contributed by atoms with van der Waals surface area (Å²) in [5.74, 6) is -6.71. The van der Waals surface area contributed by atoms with Crippen LogP contribution in [0.2, 0.25) is 0 Å². The van der Waals surface area contributed by atoms with E-state index in [0.29, 0.717) is 35.1 Å². The summed E-state index contributed by atoms with van der Waals surface area (Å²) in [6, 6.07) is 4.22. The monoisotopic (exact) mass is 496 g/mol. The Balaban J connectivity index is 0.000000211. The summed E-state index contributed by atoms with van der Waals surface area (Å²) in [5.41, 5.74) is 0.520. The smallest absolute Gasteiger partial charge is 0.324 e. The minimum atomic E-state index is -1.55. The number of rotatable bonds is 5. The van der Waals surface area contributed by atoms with Crippen LogP contribution >= 0.6 is 0 Å². The van der Waals surface area contributed by atoms with E-state index in [1.807, 2.05) is 0 Å². The van der Waals surface area contributed by atoms with Crippen molar-refractivity contribution in [3.05, 3.63) is 69.8 Å². The highest BCUT2D eigenvalue weighted by molar-refractivity contribution is 6.01. The highest BCUT2D eigenvalue weighted by Crippen LogP contribution is 2.40. The van der Waals surface area contributed by atoms with Crippen LogP contribution in [0.1, 0.15) is 36.1 Å². The van der Waals surface area contributed by atoms with Gasteiger partial charge in [-0.3, -0.25) is 14.4 Å². The van der Waals surface area contributed by atoms with Gasteiger partial charge in [0.15, 0.2) is 28.7 Å². The Bertz CT molecular complexity index is 1080. The minimum Gasteiger partial charge on any atom is -0.481 e. The maximum absolute atomic E-state index is 13.3. The average molecular weight is 496 g/mol. The Morgan fingerprint density at radius 3 is 1.43 bits per heavy atom. The number of aliphatic carboxylic acids is 1. The van der Waals surface area contributed by atoms with Crippen LogP contribution in [-0.2, 0) is 49.5 Å². The van der Waals surface area contributed by atoms with E-state index in [-0.39, 0.29) is 26.1 Å². The molecule has 2 aliphatic carbocycles. The molecule has 2 aromatic rings. The van der Waals surface area contributed by atoms with E-state index in [9.17, 15) is 31.9 Å². The van der Waals surface area contributed by atoms with E-state index >= 15 is 0 Å². The molecule has 10 heteroatoms. The highest BCUT2D eigenvalue weighted by Gasteiger charge is 2.53. The van der Waals surface area contributed by atoms with Crippen molar-refractivity contribution in [2.75, 3.05) is 13.2 Å². The lowest BCUT2D eigenvalue weighted by Gasteiger charge is -2.23. The Kier molecular flexibility index (Phi) is 7.82. The number of carboxylic acid groups (broad SMARTS) is 1. The van der Waals surface area contributed by atoms with E-state index in [0.717, 1.165) is 24.3 Å². The largest absolute Gasteiger partial charge is 0.481 e. The summed E-state index contributed by atoms with van der Waals surface area (Å²) in [6.45, 7) is 3.47. The van der Waals surface area contributed by atoms with Crippen molar-refractivity contribution in [3.63, 3.8) is 0 Å². The first-order valence-electron chi connectivity index (χ1n) is 11.0. The predicted octanol–water partition coefficient (Wildman–Crippen LogP) is 3.94. The summed E-state index contributed by atoms with van der Waals surface area (Å²) in [6.07, 6.45) is 0.498. The normalized spacial score (nSPS) is 15.5. The molecule has 2 aromatic carbocycles. The quantitative estimate of drug-likeness (QED) is 0.383. The molecule has 0 aromatic heterocycles. The first kappa shape index (κ1) is 26.2. The highest BCUT2D eigenvalue weighted by atomic mass is 19.2. The molecule has 0 atom stereocenters. The molecule has 35 heavy (non-hydrogen) atoms. The second kappa shape index (κ2) is 10.5. The first-order valence-corrected chi connectivity index (χ1v) is 11.0. The van der Waals surface area contributed by atoms with Crippen molar-refractivity contribution in [3.8, 4) is 0 Å². The lowest BCUT2D eigenvalue weighted by atomic mass is 9.85. The summed E-state index contributed by atoms with van der Waals surface area (Å²) >= 11 is 0. The third-order valence-corrected chi connectivity index (χ3v) is 6.08. The molecule has 0 bridgehead atoms. The molecule has 0 spiro atoms. The first-order chi connectivity index (χ1) is 16.5. The van der Waals surface area contributed by atoms with Crippen molar-refractivity contribution in [1.82, 2.24) is 0 Å². The Labute approximate surface area is 198 Å². The number of ether oxygens (including phenoxy) is 2. The number of hydrogen-bond donors (Lipinski definition) is 1. The standard InChI is InChI=1S/C15H16F2O4.C10H8F2O2/c1-3-20-13(18)15(14(19)21-4-2)7-9-5-11(16)12(17)6-10(9)8-15;11-8-3-5-1-7(10(13)14)2-6(5)4-9(8)12/h5-6H,3-4,7-8H2,1-2H3;3-4,7H,1-2H2,(H,13,14). The fraction of sp³-hybridized carbons (Fsp3) is 0.400. The Morgan fingerprint density at radius 1 is 0.771 bits per heavy atom. The molecule has 0 heterocycles. The van der Waals surface area contributed by atoms with Gasteiger partial charge >= 0.3 is 17.9 Å². The molecule has 0 saturated heterocycles. The topological polar surface area (TPSA) is 89.9 Å². The van der Waals surface area contributed by atoms with E-state index < -0.39 is 52.5 Å². The molecule has 2 aliphatic rings. The Hall–Kier alpha value is -3.43. The number of carbonyl (C=O) groups excluding carboxylic acids is 2. The van der Waals surface area contributed by atoms with Crippen LogP contribution in [-0.4, -0.2) is 36.2 Å². The van der Waals surface area contributed by atoms with E-state index in [1.54, 1.807) is 13.8 Å². The molecule has 0 amide bonds. The second-order valence-corrected chi connectivity index (χ2v) is 8.39. The summed E-state index contributed by atoms with van der Waals surface area (Å²) in [5, 5.41) is 8.74. The lowest BCUT2D eigenvalue weighted by molar-refractivity contribution is -0.171. The fourth-order valence-corrected chi connectivity index (χ4v) is 4.37. The van der Waals surface area contributed by atoms with Crippen LogP contribution in [0.25, 0.3) is 0 Å². The molecule has 0 fully saturated rings. The number of benzene rings is 2. The lowest BCUT2D eigenvalue weighted by Crippen LogP contribution is -2.43. The van der Waals surface area contributed by atoms with Crippen molar-refractivity contribution < 1.29 is 46.5 Å². The zero-order valence-corrected chi connectivity index (χ0v) is 19.1. The zero-order chi connectivity index (χ0) is 25.9. The predicted molar refractivity (Wildman–Crippen MR) is 114 cm³/mol. The summed E-state index contributed by atoms with van der Waals surface area (Å²) in [7, 11) is 0. The van der Waals surface area contributed by atoms with Gasteiger partial charge in [-0.05, 0) is 86.1 Å². The fourth-order valence-electron chi connectivity index (χ4n) is 4.37. The molecule has 1 N–H and O–H groups in total. The second-order valence-electron chi connectivity index (χ2n) is 8.39. The van der Waals surface area contributed by atoms with Gasteiger partial charge in [0.2, 0.25) is 0 Å². The van der Waals surface area contributed by atoms with Crippen LogP contribution in [0.15, 0.2) is 24.3 Å². The van der Waals surface area contributed by atoms with Crippen LogP contribution < -0.4 is 0 Å². The average Bonchev–Trinajstić information content (AvgIpc) is 3.37. The summed E-state index contributed by atoms with van der Waals surface area (Å²) in [4.78, 5) is 35.1. The number of esters is 2. The molecular formula is C25H24F4O6. The van der Waals surface area contributed by atoms with Gasteiger partial charge in [0, 0.05) is 0 Å². The third kappa shape index (κ3) is 5.31. The van der Waals surface area contributed by atoms with Gasteiger partial charge in [0.1, 0.15) is 0 Å². The molecule has 0 saturated carbocycles. The van der Waals surface area contributed by atoms with E-state index in [4.69, 9.17) is 14.6 Å². The SMILES string of the molecule is CCOC(=O)C1(C(=O)OCC)Cc2cc(F)c(F)cc2C1.O=C(O)C1Cc2cc(F)c(F)cc2C1. The van der Waals surface area contributed by atoms with Gasteiger partial charge in [-0.15, -0.1) is 0 Å². The van der Waals surface area contributed by atoms with Gasteiger partial charge in [-0.25, -0.2) is 17.6 Å². The van der Waals surface area contributed by atoms with Crippen molar-refractivity contribution >= 4 is 17.9 Å². The van der Waals surface area contributed by atoms with Gasteiger partial charge in [0.05, 0.1) is 19.1 Å². The molecular weight excluding hydrogens is 472 g/mol. The number of fused-ring (bicyclic) bond motifs is 2. The van der Waals surface area contributed by atoms with Crippen LogP contribution in [0.5, 0.6) is 0 Å². The molecule has 188 valence electrons. The number of carboxylic acids is 1. The van der Waals surface area contributed by atoms with Crippen molar-refractivity contribution in [1.29, 1.82) is 0 Å².